The quantitative estimate of drug-likeness (QED) is 0.741. The van der Waals surface area contributed by atoms with Gasteiger partial charge < -0.3 is 5.73 Å². The van der Waals surface area contributed by atoms with Crippen LogP contribution in [-0.2, 0) is 10.0 Å². The van der Waals surface area contributed by atoms with Gasteiger partial charge in [0.05, 0.1) is 10.6 Å². The number of nitrogens with two attached hydrogens (primary N) is 1. The molecule has 1 aromatic carbocycles. The van der Waals surface area contributed by atoms with E-state index in [0.717, 1.165) is 18.7 Å². The minimum Gasteiger partial charge on any atom is -0.396 e. The number of nitrogens with one attached hydrogen (secondary N) is 1. The molecule has 0 heterocycles. The number of nitrogens with zero attached hydrogens (tertiary/aromatic N) is 1. The predicted molar refractivity (Wildman–Crippen MR) is 76.3 cm³/mol. The lowest BCUT2D eigenvalue weighted by atomic mass is 10.3. The summed E-state index contributed by atoms with van der Waals surface area (Å²) in [4.78, 5) is 2.24. The molecule has 20 heavy (non-hydrogen) atoms. The van der Waals surface area contributed by atoms with Crippen LogP contribution in [0.25, 0.3) is 0 Å². The third-order valence-electron chi connectivity index (χ3n) is 3.44. The van der Waals surface area contributed by atoms with Gasteiger partial charge in [-0.25, -0.2) is 17.5 Å². The molecule has 1 fully saturated rings. The maximum atomic E-state index is 13.0. The Hall–Kier alpha value is -1.18. The van der Waals surface area contributed by atoms with E-state index in [0.29, 0.717) is 19.1 Å². The van der Waals surface area contributed by atoms with Crippen LogP contribution in [0, 0.1) is 5.82 Å². The van der Waals surface area contributed by atoms with Gasteiger partial charge in [0.25, 0.3) is 0 Å². The average molecular weight is 301 g/mol. The Kier molecular flexibility index (Phi) is 4.62. The summed E-state index contributed by atoms with van der Waals surface area (Å²) in [7, 11) is -3.63. The van der Waals surface area contributed by atoms with Crippen LogP contribution in [0.5, 0.6) is 0 Å². The molecule has 0 atom stereocenters. The fourth-order valence-electron chi connectivity index (χ4n) is 2.13. The van der Waals surface area contributed by atoms with Gasteiger partial charge in [0.2, 0.25) is 10.0 Å². The van der Waals surface area contributed by atoms with Gasteiger partial charge in [0.15, 0.2) is 0 Å². The highest BCUT2D eigenvalue weighted by Gasteiger charge is 2.27. The van der Waals surface area contributed by atoms with Crippen LogP contribution < -0.4 is 10.5 Å². The molecule has 0 bridgehead atoms. The largest absolute Gasteiger partial charge is 0.396 e. The van der Waals surface area contributed by atoms with Crippen molar-refractivity contribution >= 4 is 15.7 Å². The molecule has 0 aliphatic heterocycles. The third-order valence-corrected chi connectivity index (χ3v) is 4.90. The van der Waals surface area contributed by atoms with E-state index in [1.807, 2.05) is 0 Å². The van der Waals surface area contributed by atoms with Gasteiger partial charge in [-0.3, -0.25) is 4.90 Å². The van der Waals surface area contributed by atoms with Gasteiger partial charge >= 0.3 is 0 Å². The summed E-state index contributed by atoms with van der Waals surface area (Å²) in [5.41, 5.74) is 5.22. The van der Waals surface area contributed by atoms with E-state index in [1.165, 1.54) is 18.9 Å². The summed E-state index contributed by atoms with van der Waals surface area (Å²) in [6.45, 7) is 3.99. The topological polar surface area (TPSA) is 75.4 Å². The first kappa shape index (κ1) is 15.2. The smallest absolute Gasteiger partial charge is 0.240 e. The summed E-state index contributed by atoms with van der Waals surface area (Å²) in [6.07, 6.45) is 2.38. The van der Waals surface area contributed by atoms with Crippen LogP contribution in [0.2, 0.25) is 0 Å². The summed E-state index contributed by atoms with van der Waals surface area (Å²) >= 11 is 0. The Morgan fingerprint density at radius 3 is 2.70 bits per heavy atom. The lowest BCUT2D eigenvalue weighted by Gasteiger charge is -2.19. The Labute approximate surface area is 119 Å². The van der Waals surface area contributed by atoms with Gasteiger partial charge in [-0.05, 0) is 37.6 Å². The second kappa shape index (κ2) is 6.07. The molecule has 0 radical (unpaired) electrons. The van der Waals surface area contributed by atoms with Gasteiger partial charge in [-0.1, -0.05) is 6.92 Å². The van der Waals surface area contributed by atoms with E-state index < -0.39 is 15.8 Å². The summed E-state index contributed by atoms with van der Waals surface area (Å²) in [6, 6.07) is 4.01. The first-order valence-corrected chi connectivity index (χ1v) is 8.21. The number of benzene rings is 1. The van der Waals surface area contributed by atoms with Crippen LogP contribution in [0.1, 0.15) is 19.8 Å². The second-order valence-corrected chi connectivity index (χ2v) is 6.71. The van der Waals surface area contributed by atoms with Crippen molar-refractivity contribution in [3.05, 3.63) is 24.0 Å². The van der Waals surface area contributed by atoms with Crippen molar-refractivity contribution in [3.8, 4) is 0 Å². The first-order chi connectivity index (χ1) is 9.44. The monoisotopic (exact) mass is 301 g/mol. The molecule has 1 saturated carbocycles. The Balaban J connectivity index is 1.94. The number of nitrogen functional groups attached to an aromatic ring is 1. The van der Waals surface area contributed by atoms with Gasteiger partial charge in [0, 0.05) is 19.1 Å². The second-order valence-electron chi connectivity index (χ2n) is 4.94. The molecule has 5 nitrogen and oxygen atoms in total. The highest BCUT2D eigenvalue weighted by molar-refractivity contribution is 7.89. The molecule has 1 aliphatic carbocycles. The molecule has 1 aromatic rings. The van der Waals surface area contributed by atoms with Gasteiger partial charge in [0.1, 0.15) is 5.82 Å². The first-order valence-electron chi connectivity index (χ1n) is 6.73. The number of hydrogen-bond acceptors (Lipinski definition) is 4. The number of halogens is 1. The molecule has 0 amide bonds. The number of sulfonamides is 1. The van der Waals surface area contributed by atoms with Crippen molar-refractivity contribution in [2.24, 2.45) is 0 Å². The van der Waals surface area contributed by atoms with Crippen LogP contribution in [0.4, 0.5) is 10.1 Å². The summed E-state index contributed by atoms with van der Waals surface area (Å²) in [5.74, 6) is -0.616. The summed E-state index contributed by atoms with van der Waals surface area (Å²) in [5, 5.41) is 0. The number of likely N-dealkylation sites (N-methyl/N-ethyl adjacent to an activating group) is 1. The zero-order valence-corrected chi connectivity index (χ0v) is 12.3. The number of anilines is 1. The average Bonchev–Trinajstić information content (AvgIpc) is 3.22. The van der Waals surface area contributed by atoms with Crippen LogP contribution in [-0.4, -0.2) is 39.0 Å². The Morgan fingerprint density at radius 1 is 1.45 bits per heavy atom. The molecule has 112 valence electrons. The minimum absolute atomic E-state index is 0.00845. The lowest BCUT2D eigenvalue weighted by Crippen LogP contribution is -2.36. The van der Waals surface area contributed by atoms with Crippen molar-refractivity contribution < 1.29 is 12.8 Å². The van der Waals surface area contributed by atoms with Crippen LogP contribution in [0.3, 0.4) is 0 Å². The molecule has 0 unspecified atom stereocenters. The van der Waals surface area contributed by atoms with E-state index >= 15 is 0 Å². The van der Waals surface area contributed by atoms with E-state index in [-0.39, 0.29) is 10.6 Å². The van der Waals surface area contributed by atoms with Crippen molar-refractivity contribution in [3.63, 3.8) is 0 Å². The molecule has 7 heteroatoms. The zero-order chi connectivity index (χ0) is 14.8. The molecule has 0 saturated heterocycles. The predicted octanol–water partition coefficient (Wildman–Crippen LogP) is 1.17. The van der Waals surface area contributed by atoms with Crippen molar-refractivity contribution in [2.45, 2.75) is 30.7 Å². The maximum absolute atomic E-state index is 13.0. The van der Waals surface area contributed by atoms with Crippen molar-refractivity contribution in [1.82, 2.24) is 9.62 Å². The standard InChI is InChI=1S/C13H20FN3O2S/c1-2-17(10-3-4-10)8-7-16-20(18,19)11-5-6-12(14)13(15)9-11/h5-6,9-10,16H,2-4,7-8,15H2,1H3. The van der Waals surface area contributed by atoms with Crippen molar-refractivity contribution in [2.75, 3.05) is 25.4 Å². The normalized spacial score (nSPS) is 15.8. The Bertz CT molecular complexity index is 573. The van der Waals surface area contributed by atoms with Crippen LogP contribution >= 0.6 is 0 Å². The third kappa shape index (κ3) is 3.68. The molecule has 2 rings (SSSR count). The fraction of sp³-hybridized carbons (Fsp3) is 0.538. The SMILES string of the molecule is CCN(CCNS(=O)(=O)c1ccc(F)c(N)c1)C1CC1. The van der Waals surface area contributed by atoms with E-state index in [1.54, 1.807) is 0 Å². The molecule has 1 aliphatic rings. The zero-order valence-electron chi connectivity index (χ0n) is 11.5. The van der Waals surface area contributed by atoms with E-state index in [2.05, 4.69) is 16.5 Å². The molecular weight excluding hydrogens is 281 g/mol. The molecule has 0 spiro atoms. The van der Waals surface area contributed by atoms with E-state index in [9.17, 15) is 12.8 Å². The Morgan fingerprint density at radius 2 is 2.15 bits per heavy atom. The fourth-order valence-corrected chi connectivity index (χ4v) is 3.19. The van der Waals surface area contributed by atoms with Crippen LogP contribution in [0.15, 0.2) is 23.1 Å². The highest BCUT2D eigenvalue weighted by atomic mass is 32.2. The lowest BCUT2D eigenvalue weighted by molar-refractivity contribution is 0.282. The molecule has 0 aromatic heterocycles. The molecule has 3 N–H and O–H groups in total. The maximum Gasteiger partial charge on any atom is 0.240 e. The van der Waals surface area contributed by atoms with E-state index in [4.69, 9.17) is 5.73 Å². The van der Waals surface area contributed by atoms with Gasteiger partial charge in [-0.15, -0.1) is 0 Å². The number of rotatable bonds is 7. The molecular formula is C13H20FN3O2S. The van der Waals surface area contributed by atoms with Crippen molar-refractivity contribution in [1.29, 1.82) is 0 Å². The van der Waals surface area contributed by atoms with Gasteiger partial charge in [-0.2, -0.15) is 0 Å². The number of hydrogen-bond donors (Lipinski definition) is 2. The highest BCUT2D eigenvalue weighted by Crippen LogP contribution is 2.25. The summed E-state index contributed by atoms with van der Waals surface area (Å²) < 4.78 is 39.6. The minimum atomic E-state index is -3.63.